The van der Waals surface area contributed by atoms with Crippen LogP contribution in [0.3, 0.4) is 0 Å². The van der Waals surface area contributed by atoms with Crippen LogP contribution < -0.4 is 10.2 Å². The van der Waals surface area contributed by atoms with E-state index in [4.69, 9.17) is 0 Å². The molecule has 142 valence electrons. The molecule has 0 radical (unpaired) electrons. The first-order chi connectivity index (χ1) is 13.2. The first kappa shape index (κ1) is 17.9. The van der Waals surface area contributed by atoms with Gasteiger partial charge in [0.15, 0.2) is 5.82 Å². The van der Waals surface area contributed by atoms with Gasteiger partial charge in [-0.2, -0.15) is 0 Å². The van der Waals surface area contributed by atoms with Crippen LogP contribution >= 0.6 is 0 Å². The molecule has 27 heavy (non-hydrogen) atoms. The van der Waals surface area contributed by atoms with Crippen LogP contribution in [-0.2, 0) is 4.79 Å². The standard InChI is InChI=1S/C21H25FN4O/c22-17-9-7-15(8-10-17)19-11-12-20(25-24-19)26-13-3-4-16(14-26)21(27)23-18-5-1-2-6-18/h7-12,16,18H,1-6,13-14H2,(H,23,27). The van der Waals surface area contributed by atoms with Crippen LogP contribution in [0.4, 0.5) is 10.2 Å². The number of carbonyl (C=O) groups excluding carboxylic acids is 1. The Hall–Kier alpha value is -2.50. The van der Waals surface area contributed by atoms with E-state index in [-0.39, 0.29) is 17.6 Å². The van der Waals surface area contributed by atoms with E-state index in [2.05, 4.69) is 20.4 Å². The molecule has 2 heterocycles. The van der Waals surface area contributed by atoms with Crippen molar-refractivity contribution in [1.29, 1.82) is 0 Å². The van der Waals surface area contributed by atoms with E-state index in [0.29, 0.717) is 18.3 Å². The normalized spacial score (nSPS) is 20.6. The van der Waals surface area contributed by atoms with Gasteiger partial charge in [0.1, 0.15) is 5.82 Å². The molecule has 1 aliphatic heterocycles. The molecular weight excluding hydrogens is 343 g/mol. The highest BCUT2D eigenvalue weighted by Crippen LogP contribution is 2.25. The Balaban J connectivity index is 1.40. The van der Waals surface area contributed by atoms with Crippen molar-refractivity contribution in [3.05, 3.63) is 42.2 Å². The molecular formula is C21H25FN4O. The summed E-state index contributed by atoms with van der Waals surface area (Å²) in [4.78, 5) is 14.7. The fourth-order valence-corrected chi connectivity index (χ4v) is 4.06. The van der Waals surface area contributed by atoms with Gasteiger partial charge in [0, 0.05) is 24.7 Å². The van der Waals surface area contributed by atoms with Gasteiger partial charge in [0.05, 0.1) is 11.6 Å². The predicted molar refractivity (Wildman–Crippen MR) is 103 cm³/mol. The van der Waals surface area contributed by atoms with Gasteiger partial charge in [-0.3, -0.25) is 4.79 Å². The highest BCUT2D eigenvalue weighted by atomic mass is 19.1. The Kier molecular flexibility index (Phi) is 5.32. The minimum absolute atomic E-state index is 0.0120. The topological polar surface area (TPSA) is 58.1 Å². The molecule has 1 saturated carbocycles. The lowest BCUT2D eigenvalue weighted by molar-refractivity contribution is -0.125. The lowest BCUT2D eigenvalue weighted by atomic mass is 9.96. The monoisotopic (exact) mass is 368 g/mol. The molecule has 4 rings (SSSR count). The van der Waals surface area contributed by atoms with Gasteiger partial charge in [0.2, 0.25) is 5.91 Å². The molecule has 0 spiro atoms. The van der Waals surface area contributed by atoms with E-state index < -0.39 is 0 Å². The van der Waals surface area contributed by atoms with Crippen LogP contribution in [0.2, 0.25) is 0 Å². The van der Waals surface area contributed by atoms with E-state index in [1.807, 2.05) is 12.1 Å². The quantitative estimate of drug-likeness (QED) is 0.897. The maximum absolute atomic E-state index is 13.1. The first-order valence-electron chi connectivity index (χ1n) is 9.84. The van der Waals surface area contributed by atoms with E-state index in [1.165, 1.54) is 25.0 Å². The SMILES string of the molecule is O=C(NC1CCCC1)C1CCCN(c2ccc(-c3ccc(F)cc3)nn2)C1. The van der Waals surface area contributed by atoms with Crippen molar-refractivity contribution in [1.82, 2.24) is 15.5 Å². The molecule has 5 nitrogen and oxygen atoms in total. The maximum atomic E-state index is 13.1. The second kappa shape index (κ2) is 8.03. The molecule has 1 aromatic carbocycles. The van der Waals surface area contributed by atoms with Crippen molar-refractivity contribution in [2.75, 3.05) is 18.0 Å². The summed E-state index contributed by atoms with van der Waals surface area (Å²) in [6.45, 7) is 1.57. The number of hydrogen-bond acceptors (Lipinski definition) is 4. The summed E-state index contributed by atoms with van der Waals surface area (Å²) in [5.74, 6) is 0.721. The molecule has 1 aliphatic carbocycles. The zero-order valence-corrected chi connectivity index (χ0v) is 15.4. The number of anilines is 1. The van der Waals surface area contributed by atoms with Crippen molar-refractivity contribution in [3.8, 4) is 11.3 Å². The number of halogens is 1. The summed E-state index contributed by atoms with van der Waals surface area (Å²) < 4.78 is 13.1. The van der Waals surface area contributed by atoms with E-state index in [9.17, 15) is 9.18 Å². The molecule has 2 aromatic rings. The first-order valence-corrected chi connectivity index (χ1v) is 9.84. The minimum Gasteiger partial charge on any atom is -0.354 e. The molecule has 1 unspecified atom stereocenters. The molecule has 1 saturated heterocycles. The molecule has 2 aliphatic rings. The number of nitrogens with zero attached hydrogens (tertiary/aromatic N) is 3. The Bertz CT molecular complexity index is 772. The second-order valence-electron chi connectivity index (χ2n) is 7.56. The molecule has 1 atom stereocenters. The van der Waals surface area contributed by atoms with Crippen molar-refractivity contribution in [3.63, 3.8) is 0 Å². The summed E-state index contributed by atoms with van der Waals surface area (Å²) in [6.07, 6.45) is 6.56. The van der Waals surface area contributed by atoms with Crippen LogP contribution in [0.15, 0.2) is 36.4 Å². The van der Waals surface area contributed by atoms with E-state index in [1.54, 1.807) is 12.1 Å². The number of rotatable bonds is 4. The summed E-state index contributed by atoms with van der Waals surface area (Å²) >= 11 is 0. The smallest absolute Gasteiger partial charge is 0.225 e. The Morgan fingerprint density at radius 3 is 2.48 bits per heavy atom. The molecule has 6 heteroatoms. The number of piperidine rings is 1. The Labute approximate surface area is 159 Å². The van der Waals surface area contributed by atoms with Crippen LogP contribution in [0.25, 0.3) is 11.3 Å². The molecule has 0 bridgehead atoms. The van der Waals surface area contributed by atoms with Gasteiger partial charge < -0.3 is 10.2 Å². The predicted octanol–water partition coefficient (Wildman–Crippen LogP) is 3.56. The molecule has 1 N–H and O–H groups in total. The fraction of sp³-hybridized carbons (Fsp3) is 0.476. The zero-order chi connectivity index (χ0) is 18.6. The number of aromatic nitrogens is 2. The van der Waals surface area contributed by atoms with E-state index >= 15 is 0 Å². The van der Waals surface area contributed by atoms with Crippen LogP contribution in [0.1, 0.15) is 38.5 Å². The van der Waals surface area contributed by atoms with E-state index in [0.717, 1.165) is 43.6 Å². The van der Waals surface area contributed by atoms with Gasteiger partial charge in [-0.25, -0.2) is 4.39 Å². The zero-order valence-electron chi connectivity index (χ0n) is 15.4. The molecule has 2 fully saturated rings. The number of carbonyl (C=O) groups is 1. The minimum atomic E-state index is -0.265. The van der Waals surface area contributed by atoms with Crippen LogP contribution in [0, 0.1) is 11.7 Å². The van der Waals surface area contributed by atoms with Crippen LogP contribution in [-0.4, -0.2) is 35.2 Å². The third-order valence-corrected chi connectivity index (χ3v) is 5.61. The van der Waals surface area contributed by atoms with Crippen molar-refractivity contribution >= 4 is 11.7 Å². The van der Waals surface area contributed by atoms with Crippen molar-refractivity contribution in [2.24, 2.45) is 5.92 Å². The highest BCUT2D eigenvalue weighted by molar-refractivity contribution is 5.80. The van der Waals surface area contributed by atoms with Crippen molar-refractivity contribution in [2.45, 2.75) is 44.6 Å². The lowest BCUT2D eigenvalue weighted by Crippen LogP contribution is -2.45. The number of amides is 1. The number of benzene rings is 1. The third-order valence-electron chi connectivity index (χ3n) is 5.61. The van der Waals surface area contributed by atoms with Gasteiger partial charge in [-0.1, -0.05) is 12.8 Å². The van der Waals surface area contributed by atoms with Gasteiger partial charge in [-0.05, 0) is 62.1 Å². The summed E-state index contributed by atoms with van der Waals surface area (Å²) in [5, 5.41) is 11.9. The number of nitrogens with one attached hydrogen (secondary N) is 1. The van der Waals surface area contributed by atoms with Gasteiger partial charge in [-0.15, -0.1) is 10.2 Å². The summed E-state index contributed by atoms with van der Waals surface area (Å²) in [6, 6.07) is 10.4. The highest BCUT2D eigenvalue weighted by Gasteiger charge is 2.28. The third kappa shape index (κ3) is 4.26. The molecule has 1 aromatic heterocycles. The van der Waals surface area contributed by atoms with Crippen LogP contribution in [0.5, 0.6) is 0 Å². The Morgan fingerprint density at radius 2 is 1.78 bits per heavy atom. The second-order valence-corrected chi connectivity index (χ2v) is 7.56. The summed E-state index contributed by atoms with van der Waals surface area (Å²) in [7, 11) is 0. The average Bonchev–Trinajstić information content (AvgIpc) is 3.22. The Morgan fingerprint density at radius 1 is 1.00 bits per heavy atom. The van der Waals surface area contributed by atoms with Gasteiger partial charge in [0.25, 0.3) is 0 Å². The largest absolute Gasteiger partial charge is 0.354 e. The number of hydrogen-bond donors (Lipinski definition) is 1. The maximum Gasteiger partial charge on any atom is 0.225 e. The molecule has 1 amide bonds. The van der Waals surface area contributed by atoms with Gasteiger partial charge >= 0.3 is 0 Å². The fourth-order valence-electron chi connectivity index (χ4n) is 4.06. The average molecular weight is 368 g/mol. The lowest BCUT2D eigenvalue weighted by Gasteiger charge is -2.33. The van der Waals surface area contributed by atoms with Crippen molar-refractivity contribution < 1.29 is 9.18 Å². The summed E-state index contributed by atoms with van der Waals surface area (Å²) in [5.41, 5.74) is 1.55.